The Morgan fingerprint density at radius 2 is 1.93 bits per heavy atom. The van der Waals surface area contributed by atoms with Gasteiger partial charge in [0.05, 0.1) is 0 Å². The van der Waals surface area contributed by atoms with Crippen LogP contribution in [-0.4, -0.2) is 17.3 Å². The van der Waals surface area contributed by atoms with Gasteiger partial charge < -0.3 is 5.32 Å². The molecule has 4 atom stereocenters. The van der Waals surface area contributed by atoms with E-state index in [0.29, 0.717) is 12.5 Å². The molecule has 14 heavy (non-hydrogen) atoms. The van der Waals surface area contributed by atoms with Crippen LogP contribution in [0.3, 0.4) is 0 Å². The monoisotopic (exact) mass is 257 g/mol. The first-order valence-electron chi connectivity index (χ1n) is 5.66. The van der Waals surface area contributed by atoms with E-state index in [1.54, 1.807) is 0 Å². The summed E-state index contributed by atoms with van der Waals surface area (Å²) in [6.45, 7) is 0. The molecule has 0 saturated heterocycles. The van der Waals surface area contributed by atoms with Crippen LogP contribution in [0.25, 0.3) is 0 Å². The van der Waals surface area contributed by atoms with Crippen LogP contribution in [0.1, 0.15) is 25.7 Å². The Balaban J connectivity index is 1.56. The van der Waals surface area contributed by atoms with Crippen LogP contribution in [0.15, 0.2) is 0 Å². The smallest absolute Gasteiger partial charge is 0.221 e. The van der Waals surface area contributed by atoms with Crippen LogP contribution >= 0.6 is 15.9 Å². The van der Waals surface area contributed by atoms with Gasteiger partial charge in [0.2, 0.25) is 5.91 Å². The summed E-state index contributed by atoms with van der Waals surface area (Å²) < 4.78 is 0. The number of halogens is 1. The quantitative estimate of drug-likeness (QED) is 0.770. The van der Waals surface area contributed by atoms with Gasteiger partial charge >= 0.3 is 0 Å². The second-order valence-corrected chi connectivity index (χ2v) is 5.81. The molecular formula is C11H16BrNO. The summed E-state index contributed by atoms with van der Waals surface area (Å²) >= 11 is 3.30. The van der Waals surface area contributed by atoms with E-state index >= 15 is 0 Å². The highest BCUT2D eigenvalue weighted by Crippen LogP contribution is 2.65. The molecular weight excluding hydrogens is 242 g/mol. The number of rotatable bonds is 3. The molecule has 3 saturated carbocycles. The van der Waals surface area contributed by atoms with Crippen LogP contribution in [0.2, 0.25) is 0 Å². The zero-order valence-corrected chi connectivity index (χ0v) is 9.79. The Morgan fingerprint density at radius 1 is 1.29 bits per heavy atom. The molecule has 3 heteroatoms. The molecule has 2 nitrogen and oxygen atoms in total. The zero-order chi connectivity index (χ0) is 9.71. The van der Waals surface area contributed by atoms with Crippen molar-refractivity contribution >= 4 is 21.8 Å². The predicted octanol–water partition coefficient (Wildman–Crippen LogP) is 1.93. The molecule has 0 aromatic carbocycles. The van der Waals surface area contributed by atoms with Gasteiger partial charge in [-0.3, -0.25) is 4.79 Å². The molecule has 0 heterocycles. The van der Waals surface area contributed by atoms with Gasteiger partial charge in [0.15, 0.2) is 0 Å². The molecule has 78 valence electrons. The van der Waals surface area contributed by atoms with Gasteiger partial charge in [-0.05, 0) is 42.9 Å². The maximum absolute atomic E-state index is 11.4. The lowest BCUT2D eigenvalue weighted by molar-refractivity contribution is -0.121. The fourth-order valence-corrected chi connectivity index (χ4v) is 4.22. The molecule has 0 aromatic rings. The van der Waals surface area contributed by atoms with Gasteiger partial charge in [-0.1, -0.05) is 15.9 Å². The Bertz CT molecular complexity index is 252. The van der Waals surface area contributed by atoms with Gasteiger partial charge in [0, 0.05) is 17.8 Å². The number of hydrogen-bond acceptors (Lipinski definition) is 1. The molecule has 0 aliphatic heterocycles. The van der Waals surface area contributed by atoms with Crippen LogP contribution in [0.5, 0.6) is 0 Å². The standard InChI is InChI=1S/C11H16BrNO/c12-4-3-8(14)13-11-9-6-1-2-7(5-6)10(9)11/h6-7,9-11H,1-5H2,(H,13,14). The van der Waals surface area contributed by atoms with Crippen molar-refractivity contribution in [2.75, 3.05) is 5.33 Å². The summed E-state index contributed by atoms with van der Waals surface area (Å²) in [5.74, 6) is 3.89. The average molecular weight is 258 g/mol. The van der Waals surface area contributed by atoms with Crippen LogP contribution in [0.4, 0.5) is 0 Å². The van der Waals surface area contributed by atoms with Gasteiger partial charge in [-0.2, -0.15) is 0 Å². The molecule has 3 rings (SSSR count). The predicted molar refractivity (Wildman–Crippen MR) is 58.2 cm³/mol. The SMILES string of the molecule is O=C(CCBr)NC1C2C3CCC(C3)C12. The Kier molecular flexibility index (Phi) is 2.12. The van der Waals surface area contributed by atoms with Crippen molar-refractivity contribution in [1.29, 1.82) is 0 Å². The molecule has 3 aliphatic rings. The van der Waals surface area contributed by atoms with E-state index < -0.39 is 0 Å². The number of alkyl halides is 1. The lowest BCUT2D eigenvalue weighted by Crippen LogP contribution is -2.29. The van der Waals surface area contributed by atoms with Crippen molar-refractivity contribution in [2.45, 2.75) is 31.7 Å². The maximum Gasteiger partial charge on any atom is 0.221 e. The number of hydrogen-bond donors (Lipinski definition) is 1. The molecule has 1 amide bonds. The van der Waals surface area contributed by atoms with Gasteiger partial charge in [0.1, 0.15) is 0 Å². The lowest BCUT2D eigenvalue weighted by Gasteiger charge is -2.09. The summed E-state index contributed by atoms with van der Waals surface area (Å²) in [6.07, 6.45) is 4.94. The van der Waals surface area contributed by atoms with Crippen molar-refractivity contribution in [3.63, 3.8) is 0 Å². The molecule has 3 fully saturated rings. The average Bonchev–Trinajstić information content (AvgIpc) is 2.60. The minimum Gasteiger partial charge on any atom is -0.353 e. The first-order chi connectivity index (χ1) is 6.81. The third kappa shape index (κ3) is 1.24. The van der Waals surface area contributed by atoms with Crippen molar-refractivity contribution in [1.82, 2.24) is 5.32 Å². The Labute approximate surface area is 93.0 Å². The van der Waals surface area contributed by atoms with E-state index in [2.05, 4.69) is 21.2 Å². The third-order valence-corrected chi connectivity index (χ3v) is 4.78. The van der Waals surface area contributed by atoms with Crippen molar-refractivity contribution in [2.24, 2.45) is 23.7 Å². The lowest BCUT2D eigenvalue weighted by atomic mass is 10.0. The summed E-state index contributed by atoms with van der Waals surface area (Å²) in [7, 11) is 0. The minimum absolute atomic E-state index is 0.237. The summed E-state index contributed by atoms with van der Waals surface area (Å²) in [4.78, 5) is 11.4. The van der Waals surface area contributed by atoms with Gasteiger partial charge in [-0.25, -0.2) is 0 Å². The van der Waals surface area contributed by atoms with Gasteiger partial charge in [0.25, 0.3) is 0 Å². The van der Waals surface area contributed by atoms with Crippen LogP contribution in [-0.2, 0) is 4.79 Å². The van der Waals surface area contributed by atoms with E-state index in [4.69, 9.17) is 0 Å². The fraction of sp³-hybridized carbons (Fsp3) is 0.909. The molecule has 0 radical (unpaired) electrons. The number of fused-ring (bicyclic) bond motifs is 5. The highest BCUT2D eigenvalue weighted by atomic mass is 79.9. The van der Waals surface area contributed by atoms with E-state index in [0.717, 1.165) is 29.0 Å². The van der Waals surface area contributed by atoms with Crippen LogP contribution < -0.4 is 5.32 Å². The van der Waals surface area contributed by atoms with E-state index in [1.165, 1.54) is 19.3 Å². The molecule has 4 unspecified atom stereocenters. The normalized spacial score (nSPS) is 47.6. The number of amides is 1. The van der Waals surface area contributed by atoms with Crippen molar-refractivity contribution < 1.29 is 4.79 Å². The zero-order valence-electron chi connectivity index (χ0n) is 8.21. The molecule has 0 aromatic heterocycles. The van der Waals surface area contributed by atoms with E-state index in [-0.39, 0.29) is 5.91 Å². The first kappa shape index (κ1) is 9.20. The van der Waals surface area contributed by atoms with Crippen LogP contribution in [0, 0.1) is 23.7 Å². The summed E-state index contributed by atoms with van der Waals surface area (Å²) in [6, 6.07) is 0.563. The number of carbonyl (C=O) groups is 1. The minimum atomic E-state index is 0.237. The largest absolute Gasteiger partial charge is 0.353 e. The highest BCUT2D eigenvalue weighted by molar-refractivity contribution is 9.09. The highest BCUT2D eigenvalue weighted by Gasteiger charge is 2.65. The summed E-state index contributed by atoms with van der Waals surface area (Å²) in [5, 5.41) is 3.97. The van der Waals surface area contributed by atoms with E-state index in [9.17, 15) is 4.79 Å². The topological polar surface area (TPSA) is 29.1 Å². The first-order valence-corrected chi connectivity index (χ1v) is 6.78. The van der Waals surface area contributed by atoms with E-state index in [1.807, 2.05) is 0 Å². The van der Waals surface area contributed by atoms with Crippen molar-refractivity contribution in [3.8, 4) is 0 Å². The third-order valence-electron chi connectivity index (χ3n) is 4.38. The molecule has 2 bridgehead atoms. The second kappa shape index (κ2) is 3.22. The fourth-order valence-electron chi connectivity index (χ4n) is 3.86. The number of carbonyl (C=O) groups excluding carboxylic acids is 1. The second-order valence-electron chi connectivity index (χ2n) is 5.02. The van der Waals surface area contributed by atoms with Crippen molar-refractivity contribution in [3.05, 3.63) is 0 Å². The Morgan fingerprint density at radius 3 is 2.50 bits per heavy atom. The molecule has 0 spiro atoms. The number of nitrogens with one attached hydrogen (secondary N) is 1. The molecule has 1 N–H and O–H groups in total. The maximum atomic E-state index is 11.4. The molecule has 3 aliphatic carbocycles. The van der Waals surface area contributed by atoms with Gasteiger partial charge in [-0.15, -0.1) is 0 Å². The Hall–Kier alpha value is -0.0500. The summed E-state index contributed by atoms with van der Waals surface area (Å²) in [5.41, 5.74) is 0.